The van der Waals surface area contributed by atoms with E-state index >= 15 is 0 Å². The molecule has 2 fully saturated rings. The quantitative estimate of drug-likeness (QED) is 0.386. The lowest BCUT2D eigenvalue weighted by Gasteiger charge is -2.39. The zero-order valence-corrected chi connectivity index (χ0v) is 18.8. The third-order valence-electron chi connectivity index (χ3n) is 6.89. The Morgan fingerprint density at radius 1 is 0.765 bits per heavy atom. The van der Waals surface area contributed by atoms with E-state index < -0.39 is 0 Å². The SMILES string of the molecule is O=C1N(OCc2ccccc2)C2CC(c3cc4ccccc4[nH]3)C(C2)N1OCc1ccccc1. The van der Waals surface area contributed by atoms with Gasteiger partial charge < -0.3 is 4.98 Å². The number of hydroxylamine groups is 4. The lowest BCUT2D eigenvalue weighted by atomic mass is 9.99. The molecule has 4 aromatic rings. The number of hydrogen-bond acceptors (Lipinski definition) is 3. The summed E-state index contributed by atoms with van der Waals surface area (Å²) < 4.78 is 0. The van der Waals surface area contributed by atoms with Crippen LogP contribution in [0.4, 0.5) is 4.79 Å². The number of hydrogen-bond donors (Lipinski definition) is 1. The monoisotopic (exact) mass is 453 g/mol. The van der Waals surface area contributed by atoms with Crippen LogP contribution in [-0.2, 0) is 22.9 Å². The standard InChI is InChI=1S/C28H27N3O3/c32-28-30(33-18-20-9-3-1-4-10-20)23-16-24(26-15-22-13-7-8-14-25(22)29-26)27(17-23)31(28)34-19-21-11-5-2-6-12-21/h1-15,23-24,27,29H,16-19H2. The second kappa shape index (κ2) is 8.97. The predicted octanol–water partition coefficient (Wildman–Crippen LogP) is 5.78. The van der Waals surface area contributed by atoms with E-state index in [-0.39, 0.29) is 24.0 Å². The third-order valence-corrected chi connectivity index (χ3v) is 6.89. The highest BCUT2D eigenvalue weighted by Crippen LogP contribution is 2.45. The van der Waals surface area contributed by atoms with E-state index in [1.165, 1.54) is 10.4 Å². The van der Waals surface area contributed by atoms with Crippen LogP contribution in [0.15, 0.2) is 91.0 Å². The maximum atomic E-state index is 13.6. The van der Waals surface area contributed by atoms with Crippen LogP contribution in [0.5, 0.6) is 0 Å². The maximum absolute atomic E-state index is 13.6. The molecule has 2 aliphatic rings. The first-order valence-corrected chi connectivity index (χ1v) is 11.8. The van der Waals surface area contributed by atoms with Gasteiger partial charge in [0.25, 0.3) is 0 Å². The summed E-state index contributed by atoms with van der Waals surface area (Å²) in [6, 6.07) is 30.1. The molecular formula is C28H27N3O3. The number of amides is 2. The topological polar surface area (TPSA) is 57.8 Å². The van der Waals surface area contributed by atoms with Crippen molar-refractivity contribution in [3.8, 4) is 0 Å². The van der Waals surface area contributed by atoms with Crippen molar-refractivity contribution in [2.45, 2.75) is 44.1 Å². The Bertz CT molecular complexity index is 1240. The van der Waals surface area contributed by atoms with Crippen molar-refractivity contribution >= 4 is 16.9 Å². The summed E-state index contributed by atoms with van der Waals surface area (Å²) in [7, 11) is 0. The number of aromatic nitrogens is 1. The molecule has 1 aliphatic carbocycles. The van der Waals surface area contributed by atoms with Gasteiger partial charge in [0.05, 0.1) is 12.1 Å². The zero-order valence-electron chi connectivity index (χ0n) is 18.8. The fourth-order valence-electron chi connectivity index (χ4n) is 5.21. The fourth-order valence-corrected chi connectivity index (χ4v) is 5.21. The van der Waals surface area contributed by atoms with Crippen molar-refractivity contribution in [3.05, 3.63) is 108 Å². The number of nitrogens with one attached hydrogen (secondary N) is 1. The molecule has 6 nitrogen and oxygen atoms in total. The second-order valence-corrected chi connectivity index (χ2v) is 9.06. The van der Waals surface area contributed by atoms with Crippen molar-refractivity contribution in [2.75, 3.05) is 0 Å². The number of nitrogens with zero attached hydrogens (tertiary/aromatic N) is 2. The van der Waals surface area contributed by atoms with Gasteiger partial charge in [0, 0.05) is 17.1 Å². The van der Waals surface area contributed by atoms with Crippen molar-refractivity contribution < 1.29 is 14.5 Å². The summed E-state index contributed by atoms with van der Waals surface area (Å²) in [4.78, 5) is 29.4. The lowest BCUT2D eigenvalue weighted by Crippen LogP contribution is -2.54. The van der Waals surface area contributed by atoms with Crippen LogP contribution in [0, 0.1) is 0 Å². The van der Waals surface area contributed by atoms with Gasteiger partial charge in [0.2, 0.25) is 0 Å². The van der Waals surface area contributed by atoms with Crippen molar-refractivity contribution in [1.82, 2.24) is 15.1 Å². The number of fused-ring (bicyclic) bond motifs is 3. The van der Waals surface area contributed by atoms with E-state index in [1.807, 2.05) is 72.8 Å². The minimum absolute atomic E-state index is 0.00852. The second-order valence-electron chi connectivity index (χ2n) is 9.06. The van der Waals surface area contributed by atoms with Crippen LogP contribution in [0.1, 0.15) is 35.6 Å². The van der Waals surface area contributed by atoms with Crippen LogP contribution < -0.4 is 0 Å². The molecule has 3 atom stereocenters. The number of benzene rings is 3. The minimum atomic E-state index is -0.230. The van der Waals surface area contributed by atoms with Crippen molar-refractivity contribution in [1.29, 1.82) is 0 Å². The summed E-state index contributed by atoms with van der Waals surface area (Å²) in [6.07, 6.45) is 1.62. The van der Waals surface area contributed by atoms with Crippen LogP contribution in [-0.4, -0.2) is 33.2 Å². The average molecular weight is 454 g/mol. The van der Waals surface area contributed by atoms with Crippen LogP contribution in [0.25, 0.3) is 10.9 Å². The van der Waals surface area contributed by atoms with E-state index in [9.17, 15) is 4.79 Å². The molecule has 1 saturated carbocycles. The Kier molecular flexibility index (Phi) is 5.53. The van der Waals surface area contributed by atoms with Gasteiger partial charge in [-0.1, -0.05) is 78.9 Å². The fraction of sp³-hybridized carbons (Fsp3) is 0.250. The van der Waals surface area contributed by atoms with Crippen LogP contribution in [0.3, 0.4) is 0 Å². The van der Waals surface area contributed by atoms with Crippen LogP contribution in [0.2, 0.25) is 0 Å². The average Bonchev–Trinajstić information content (AvgIpc) is 3.48. The first kappa shape index (κ1) is 21.0. The Labute approximate surface area is 198 Å². The molecule has 2 heterocycles. The molecule has 3 unspecified atom stereocenters. The van der Waals surface area contributed by atoms with E-state index in [1.54, 1.807) is 5.06 Å². The molecule has 0 radical (unpaired) electrons. The van der Waals surface area contributed by atoms with Crippen LogP contribution >= 0.6 is 0 Å². The van der Waals surface area contributed by atoms with E-state index in [0.717, 1.165) is 35.2 Å². The number of aromatic amines is 1. The van der Waals surface area contributed by atoms with Gasteiger partial charge in [-0.25, -0.2) is 4.79 Å². The highest BCUT2D eigenvalue weighted by molar-refractivity contribution is 5.80. The highest BCUT2D eigenvalue weighted by atomic mass is 16.7. The van der Waals surface area contributed by atoms with Crippen molar-refractivity contribution in [2.24, 2.45) is 0 Å². The van der Waals surface area contributed by atoms with Gasteiger partial charge in [-0.05, 0) is 41.5 Å². The molecule has 34 heavy (non-hydrogen) atoms. The molecule has 3 aromatic carbocycles. The van der Waals surface area contributed by atoms with Gasteiger partial charge >= 0.3 is 6.03 Å². The number of rotatable bonds is 7. The van der Waals surface area contributed by atoms with E-state index in [0.29, 0.717) is 13.2 Å². The van der Waals surface area contributed by atoms with Gasteiger partial charge in [0.1, 0.15) is 13.2 Å². The van der Waals surface area contributed by atoms with E-state index in [4.69, 9.17) is 9.68 Å². The summed E-state index contributed by atoms with van der Waals surface area (Å²) in [5.41, 5.74) is 4.30. The Balaban J connectivity index is 1.27. The normalized spacial score (nSPS) is 22.0. The lowest BCUT2D eigenvalue weighted by molar-refractivity contribution is -0.230. The molecule has 172 valence electrons. The molecule has 2 amide bonds. The molecule has 1 N–H and O–H groups in total. The smallest absolute Gasteiger partial charge is 0.358 e. The zero-order chi connectivity index (χ0) is 22.9. The van der Waals surface area contributed by atoms with E-state index in [2.05, 4.69) is 23.2 Å². The molecule has 1 saturated heterocycles. The van der Waals surface area contributed by atoms with Crippen molar-refractivity contribution in [3.63, 3.8) is 0 Å². The summed E-state index contributed by atoms with van der Waals surface area (Å²) >= 11 is 0. The maximum Gasteiger partial charge on any atom is 0.368 e. The third kappa shape index (κ3) is 3.95. The summed E-state index contributed by atoms with van der Waals surface area (Å²) in [6.45, 7) is 0.678. The number of para-hydroxylation sites is 1. The number of carbonyl (C=O) groups excluding carboxylic acids is 1. The molecule has 1 aliphatic heterocycles. The number of urea groups is 1. The Morgan fingerprint density at radius 2 is 1.38 bits per heavy atom. The number of carbonyl (C=O) groups is 1. The van der Waals surface area contributed by atoms with Gasteiger partial charge in [-0.2, -0.15) is 10.1 Å². The summed E-state index contributed by atoms with van der Waals surface area (Å²) in [5, 5.41) is 4.27. The summed E-state index contributed by atoms with van der Waals surface area (Å²) in [5.74, 6) is 0.141. The largest absolute Gasteiger partial charge is 0.368 e. The first-order chi connectivity index (χ1) is 16.8. The van der Waals surface area contributed by atoms with Gasteiger partial charge in [-0.3, -0.25) is 9.68 Å². The predicted molar refractivity (Wildman–Crippen MR) is 129 cm³/mol. The molecular weight excluding hydrogens is 426 g/mol. The minimum Gasteiger partial charge on any atom is -0.358 e. The molecule has 1 aromatic heterocycles. The highest BCUT2D eigenvalue weighted by Gasteiger charge is 2.52. The molecule has 6 heteroatoms. The Morgan fingerprint density at radius 3 is 2.06 bits per heavy atom. The molecule has 0 spiro atoms. The first-order valence-electron chi connectivity index (χ1n) is 11.8. The Hall–Kier alpha value is -3.61. The number of H-pyrrole nitrogens is 1. The van der Waals surface area contributed by atoms with Gasteiger partial charge in [-0.15, -0.1) is 0 Å². The molecule has 6 rings (SSSR count). The molecule has 2 bridgehead atoms. The van der Waals surface area contributed by atoms with Gasteiger partial charge in [0.15, 0.2) is 0 Å².